The van der Waals surface area contributed by atoms with E-state index in [1.165, 1.54) is 0 Å². The van der Waals surface area contributed by atoms with E-state index in [-0.39, 0.29) is 5.91 Å². The zero-order chi connectivity index (χ0) is 16.6. The van der Waals surface area contributed by atoms with Crippen LogP contribution in [-0.2, 0) is 9.53 Å². The van der Waals surface area contributed by atoms with Crippen LogP contribution in [0.2, 0.25) is 0 Å². The number of rotatable bonds is 4. The maximum atomic E-state index is 12.2. The van der Waals surface area contributed by atoms with Crippen molar-refractivity contribution in [3.8, 4) is 0 Å². The third kappa shape index (κ3) is 4.21. The van der Waals surface area contributed by atoms with Crippen molar-refractivity contribution < 1.29 is 9.53 Å². The van der Waals surface area contributed by atoms with Crippen LogP contribution in [0.15, 0.2) is 78.9 Å². The minimum absolute atomic E-state index is 0.0371. The molecule has 1 aliphatic rings. The van der Waals surface area contributed by atoms with E-state index in [2.05, 4.69) is 24.3 Å². The zero-order valence-electron chi connectivity index (χ0n) is 13.6. The first-order valence-electron chi connectivity index (χ1n) is 8.20. The van der Waals surface area contributed by atoms with Crippen molar-refractivity contribution in [3.05, 3.63) is 90.0 Å². The Balaban J connectivity index is 1.81. The summed E-state index contributed by atoms with van der Waals surface area (Å²) in [6.45, 7) is 2.57. The van der Waals surface area contributed by atoms with E-state index >= 15 is 0 Å². The molecule has 1 fully saturated rings. The highest BCUT2D eigenvalue weighted by Crippen LogP contribution is 2.23. The number of morpholine rings is 1. The van der Waals surface area contributed by atoms with Gasteiger partial charge in [-0.1, -0.05) is 72.8 Å². The standard InChI is InChI=1S/C21H21NO2/c23-21(22-14-16-24-17-15-22)13-7-12-20(18-8-3-1-4-9-18)19-10-5-2-6-11-19/h1-13H,14-17H2/b13-7+. The molecule has 0 N–H and O–H groups in total. The Morgan fingerprint density at radius 2 is 1.42 bits per heavy atom. The number of benzene rings is 2. The number of nitrogens with zero attached hydrogens (tertiary/aromatic N) is 1. The first-order valence-corrected chi connectivity index (χ1v) is 8.20. The molecule has 0 aromatic heterocycles. The van der Waals surface area contributed by atoms with Crippen LogP contribution in [0.5, 0.6) is 0 Å². The van der Waals surface area contributed by atoms with E-state index in [1.807, 2.05) is 53.5 Å². The summed E-state index contributed by atoms with van der Waals surface area (Å²) in [5.74, 6) is 0.0371. The molecule has 0 unspecified atom stereocenters. The Morgan fingerprint density at radius 3 is 1.96 bits per heavy atom. The summed E-state index contributed by atoms with van der Waals surface area (Å²) in [5, 5.41) is 0. The van der Waals surface area contributed by atoms with Crippen molar-refractivity contribution in [2.75, 3.05) is 26.3 Å². The Kier molecular flexibility index (Phi) is 5.59. The smallest absolute Gasteiger partial charge is 0.246 e. The third-order valence-electron chi connectivity index (χ3n) is 3.99. The number of amides is 1. The van der Waals surface area contributed by atoms with Crippen molar-refractivity contribution in [1.29, 1.82) is 0 Å². The largest absolute Gasteiger partial charge is 0.378 e. The number of allylic oxidation sites excluding steroid dienone is 2. The maximum Gasteiger partial charge on any atom is 0.246 e. The van der Waals surface area contributed by atoms with Crippen LogP contribution >= 0.6 is 0 Å². The average molecular weight is 319 g/mol. The van der Waals surface area contributed by atoms with Gasteiger partial charge in [0, 0.05) is 19.2 Å². The molecule has 2 aromatic carbocycles. The highest BCUT2D eigenvalue weighted by atomic mass is 16.5. The van der Waals surface area contributed by atoms with Crippen molar-refractivity contribution in [3.63, 3.8) is 0 Å². The second kappa shape index (κ2) is 8.27. The third-order valence-corrected chi connectivity index (χ3v) is 3.99. The number of hydrogen-bond acceptors (Lipinski definition) is 2. The van der Waals surface area contributed by atoms with Gasteiger partial charge in [0.15, 0.2) is 0 Å². The Labute approximate surface area is 142 Å². The summed E-state index contributed by atoms with van der Waals surface area (Å²) in [7, 11) is 0. The summed E-state index contributed by atoms with van der Waals surface area (Å²) in [4.78, 5) is 14.0. The summed E-state index contributed by atoms with van der Waals surface area (Å²) in [6, 6.07) is 20.4. The fourth-order valence-electron chi connectivity index (χ4n) is 2.71. The Hall–Kier alpha value is -2.65. The minimum Gasteiger partial charge on any atom is -0.378 e. The molecule has 0 aliphatic carbocycles. The zero-order valence-corrected chi connectivity index (χ0v) is 13.6. The lowest BCUT2D eigenvalue weighted by molar-refractivity contribution is -0.129. The van der Waals surface area contributed by atoms with Gasteiger partial charge in [0.2, 0.25) is 5.91 Å². The van der Waals surface area contributed by atoms with Gasteiger partial charge >= 0.3 is 0 Å². The van der Waals surface area contributed by atoms with Crippen molar-refractivity contribution in [1.82, 2.24) is 4.90 Å². The Bertz CT molecular complexity index is 673. The second-order valence-electron chi connectivity index (χ2n) is 5.61. The van der Waals surface area contributed by atoms with Gasteiger partial charge in [0.05, 0.1) is 13.2 Å². The predicted octanol–water partition coefficient (Wildman–Crippen LogP) is 3.53. The second-order valence-corrected chi connectivity index (χ2v) is 5.61. The minimum atomic E-state index is 0.0371. The number of ether oxygens (including phenoxy) is 1. The molecule has 1 heterocycles. The first-order chi connectivity index (χ1) is 11.8. The van der Waals surface area contributed by atoms with Crippen LogP contribution in [0, 0.1) is 0 Å². The molecule has 1 aliphatic heterocycles. The molecule has 24 heavy (non-hydrogen) atoms. The molecule has 3 rings (SSSR count). The summed E-state index contributed by atoms with van der Waals surface area (Å²) in [5.41, 5.74) is 3.36. The van der Waals surface area contributed by atoms with Gasteiger partial charge in [-0.3, -0.25) is 4.79 Å². The lowest BCUT2D eigenvalue weighted by Gasteiger charge is -2.25. The molecular formula is C21H21NO2. The number of hydrogen-bond donors (Lipinski definition) is 0. The maximum absolute atomic E-state index is 12.2. The van der Waals surface area contributed by atoms with E-state index in [0.717, 1.165) is 16.7 Å². The predicted molar refractivity (Wildman–Crippen MR) is 96.5 cm³/mol. The average Bonchev–Trinajstić information content (AvgIpc) is 2.67. The van der Waals surface area contributed by atoms with Crippen LogP contribution in [-0.4, -0.2) is 37.1 Å². The SMILES string of the molecule is O=C(/C=C/C=C(c1ccccc1)c1ccccc1)N1CCOCC1. The van der Waals surface area contributed by atoms with Crippen molar-refractivity contribution in [2.24, 2.45) is 0 Å². The number of carbonyl (C=O) groups is 1. The number of carbonyl (C=O) groups excluding carboxylic acids is 1. The van der Waals surface area contributed by atoms with Crippen LogP contribution in [0.1, 0.15) is 11.1 Å². The van der Waals surface area contributed by atoms with Crippen LogP contribution in [0.3, 0.4) is 0 Å². The lowest BCUT2D eigenvalue weighted by Crippen LogP contribution is -2.39. The quantitative estimate of drug-likeness (QED) is 0.637. The molecule has 0 saturated carbocycles. The van der Waals surface area contributed by atoms with Gasteiger partial charge in [-0.2, -0.15) is 0 Å². The molecule has 1 amide bonds. The van der Waals surface area contributed by atoms with Gasteiger partial charge in [-0.15, -0.1) is 0 Å². The highest BCUT2D eigenvalue weighted by molar-refractivity contribution is 5.89. The van der Waals surface area contributed by atoms with E-state index < -0.39 is 0 Å². The summed E-state index contributed by atoms with van der Waals surface area (Å²) in [6.07, 6.45) is 5.48. The highest BCUT2D eigenvalue weighted by Gasteiger charge is 2.13. The van der Waals surface area contributed by atoms with Gasteiger partial charge in [-0.05, 0) is 16.7 Å². The van der Waals surface area contributed by atoms with Crippen LogP contribution in [0.4, 0.5) is 0 Å². The first kappa shape index (κ1) is 16.2. The Morgan fingerprint density at radius 1 is 0.875 bits per heavy atom. The van der Waals surface area contributed by atoms with Gasteiger partial charge < -0.3 is 9.64 Å². The molecule has 0 bridgehead atoms. The normalized spacial score (nSPS) is 14.6. The fourth-order valence-corrected chi connectivity index (χ4v) is 2.71. The molecular weight excluding hydrogens is 298 g/mol. The van der Waals surface area contributed by atoms with Crippen LogP contribution in [0.25, 0.3) is 5.57 Å². The van der Waals surface area contributed by atoms with Gasteiger partial charge in [0.1, 0.15) is 0 Å². The van der Waals surface area contributed by atoms with Crippen LogP contribution < -0.4 is 0 Å². The van der Waals surface area contributed by atoms with Crippen molar-refractivity contribution in [2.45, 2.75) is 0 Å². The molecule has 0 spiro atoms. The fraction of sp³-hybridized carbons (Fsp3) is 0.190. The molecule has 0 atom stereocenters. The monoisotopic (exact) mass is 319 g/mol. The molecule has 1 saturated heterocycles. The molecule has 0 radical (unpaired) electrons. The summed E-state index contributed by atoms with van der Waals surface area (Å²) < 4.78 is 5.28. The van der Waals surface area contributed by atoms with E-state index in [4.69, 9.17) is 4.74 Å². The van der Waals surface area contributed by atoms with Gasteiger partial charge in [0.25, 0.3) is 0 Å². The molecule has 3 heteroatoms. The van der Waals surface area contributed by atoms with Gasteiger partial charge in [-0.25, -0.2) is 0 Å². The van der Waals surface area contributed by atoms with E-state index in [0.29, 0.717) is 26.3 Å². The topological polar surface area (TPSA) is 29.5 Å². The van der Waals surface area contributed by atoms with E-state index in [9.17, 15) is 4.79 Å². The molecule has 122 valence electrons. The van der Waals surface area contributed by atoms with Crippen molar-refractivity contribution >= 4 is 11.5 Å². The summed E-state index contributed by atoms with van der Waals surface area (Å²) >= 11 is 0. The van der Waals surface area contributed by atoms with E-state index in [1.54, 1.807) is 6.08 Å². The lowest BCUT2D eigenvalue weighted by atomic mass is 9.97. The molecule has 3 nitrogen and oxygen atoms in total. The molecule has 2 aromatic rings.